The number of quaternary nitrogens is 1. The van der Waals surface area contributed by atoms with E-state index < -0.39 is 24.3 Å². The van der Waals surface area contributed by atoms with Crippen molar-refractivity contribution in [1.29, 1.82) is 0 Å². The van der Waals surface area contributed by atoms with Crippen LogP contribution in [0, 0.1) is 0 Å². The van der Waals surface area contributed by atoms with Gasteiger partial charge in [-0.2, -0.15) is 0 Å². The monoisotopic (exact) mass is 819 g/mol. The van der Waals surface area contributed by atoms with Gasteiger partial charge in [-0.05, 0) is 77.0 Å². The molecule has 0 saturated heterocycles. The maximum absolute atomic E-state index is 12.8. The van der Waals surface area contributed by atoms with Crippen molar-refractivity contribution in [3.8, 4) is 0 Å². The van der Waals surface area contributed by atoms with E-state index in [0.717, 1.165) is 77.0 Å². The summed E-state index contributed by atoms with van der Waals surface area (Å²) >= 11 is 0. The highest BCUT2D eigenvalue weighted by molar-refractivity contribution is 5.71. The zero-order chi connectivity index (χ0) is 42.8. The van der Waals surface area contributed by atoms with Crippen molar-refractivity contribution in [2.45, 2.75) is 200 Å². The Morgan fingerprint density at radius 1 is 0.517 bits per heavy atom. The molecule has 0 radical (unpaired) electrons. The zero-order valence-electron chi connectivity index (χ0n) is 37.9. The fraction of sp³-hybridized carbons (Fsp3) is 0.776. The van der Waals surface area contributed by atoms with Crippen molar-refractivity contribution >= 4 is 17.9 Å². The Balaban J connectivity index is 4.46. The Hall–Kier alpha value is -2.75. The van der Waals surface area contributed by atoms with Gasteiger partial charge in [-0.1, -0.05) is 146 Å². The van der Waals surface area contributed by atoms with Gasteiger partial charge in [-0.25, -0.2) is 4.79 Å². The van der Waals surface area contributed by atoms with Crippen molar-refractivity contribution in [3.63, 3.8) is 0 Å². The molecule has 0 spiro atoms. The minimum atomic E-state index is -1.51. The van der Waals surface area contributed by atoms with Crippen LogP contribution in [0.5, 0.6) is 0 Å². The van der Waals surface area contributed by atoms with E-state index >= 15 is 0 Å². The molecule has 58 heavy (non-hydrogen) atoms. The van der Waals surface area contributed by atoms with Crippen LogP contribution >= 0.6 is 0 Å². The average molecular weight is 819 g/mol. The first-order valence-corrected chi connectivity index (χ1v) is 23.3. The van der Waals surface area contributed by atoms with Crippen molar-refractivity contribution in [2.75, 3.05) is 47.5 Å². The first-order valence-electron chi connectivity index (χ1n) is 23.3. The molecule has 0 saturated carbocycles. The molecule has 2 unspecified atom stereocenters. The van der Waals surface area contributed by atoms with Crippen LogP contribution in [-0.4, -0.2) is 87.4 Å². The summed E-state index contributed by atoms with van der Waals surface area (Å²) in [5.74, 6) is -2.04. The second-order valence-corrected chi connectivity index (χ2v) is 16.7. The largest absolute Gasteiger partial charge is 0.477 e. The van der Waals surface area contributed by atoms with E-state index in [4.69, 9.17) is 18.9 Å². The van der Waals surface area contributed by atoms with Crippen LogP contribution in [-0.2, 0) is 33.3 Å². The number of carbonyl (C=O) groups is 3. The summed E-state index contributed by atoms with van der Waals surface area (Å²) in [4.78, 5) is 37.1. The van der Waals surface area contributed by atoms with Crippen LogP contribution in [0.2, 0.25) is 0 Å². The second-order valence-electron chi connectivity index (χ2n) is 16.7. The number of allylic oxidation sites excluding steroid dienone is 8. The highest BCUT2D eigenvalue weighted by Crippen LogP contribution is 2.13. The number of hydrogen-bond donors (Lipinski definition) is 1. The van der Waals surface area contributed by atoms with E-state index in [9.17, 15) is 19.5 Å². The van der Waals surface area contributed by atoms with E-state index in [0.29, 0.717) is 17.4 Å². The van der Waals surface area contributed by atoms with E-state index in [1.807, 2.05) is 21.1 Å². The summed E-state index contributed by atoms with van der Waals surface area (Å²) < 4.78 is 22.7. The smallest absolute Gasteiger partial charge is 0.361 e. The molecule has 0 aliphatic heterocycles. The highest BCUT2D eigenvalue weighted by atomic mass is 16.7. The number of hydrogen-bond acceptors (Lipinski definition) is 7. The molecule has 1 N–H and O–H groups in total. The van der Waals surface area contributed by atoms with Gasteiger partial charge in [0.25, 0.3) is 6.29 Å². The fourth-order valence-corrected chi connectivity index (χ4v) is 6.13. The number of carboxylic acid groups (broad SMARTS) is 1. The Bertz CT molecular complexity index is 1090. The minimum Gasteiger partial charge on any atom is -0.477 e. The molecule has 0 aromatic rings. The van der Waals surface area contributed by atoms with E-state index in [1.165, 1.54) is 77.0 Å². The molecule has 0 aliphatic carbocycles. The molecule has 336 valence electrons. The maximum atomic E-state index is 12.8. The SMILES string of the molecule is CCCCC/C=C\C/C=C\CCCCCCCCCC(=O)OC(COC(=O)CCCCCCC/C=C\C/C=C\CCCCCC)COC(OCC[N+](C)(C)C)C(=O)O. The normalized spacial score (nSPS) is 13.3. The second kappa shape index (κ2) is 41.0. The molecule has 0 aliphatic rings. The molecule has 0 aromatic heterocycles. The van der Waals surface area contributed by atoms with E-state index in [1.54, 1.807) is 0 Å². The maximum Gasteiger partial charge on any atom is 0.361 e. The van der Waals surface area contributed by atoms with Crippen molar-refractivity contribution in [1.82, 2.24) is 0 Å². The molecular formula is C49H88NO8+. The topological polar surface area (TPSA) is 108 Å². The molecule has 9 nitrogen and oxygen atoms in total. The summed E-state index contributed by atoms with van der Waals surface area (Å²) in [6, 6.07) is 0. The van der Waals surface area contributed by atoms with Gasteiger partial charge in [-0.15, -0.1) is 0 Å². The van der Waals surface area contributed by atoms with Crippen LogP contribution in [0.15, 0.2) is 48.6 Å². The van der Waals surface area contributed by atoms with Crippen molar-refractivity contribution < 1.29 is 42.9 Å². The number of rotatable bonds is 42. The Labute approximate surface area is 355 Å². The van der Waals surface area contributed by atoms with Crippen LogP contribution in [0.25, 0.3) is 0 Å². The zero-order valence-corrected chi connectivity index (χ0v) is 37.9. The molecule has 0 amide bonds. The number of carbonyl (C=O) groups excluding carboxylic acids is 2. The first kappa shape index (κ1) is 55.2. The van der Waals surface area contributed by atoms with E-state index in [2.05, 4.69) is 62.5 Å². The molecule has 9 heteroatoms. The third-order valence-corrected chi connectivity index (χ3v) is 9.81. The lowest BCUT2D eigenvalue weighted by atomic mass is 10.1. The van der Waals surface area contributed by atoms with Gasteiger partial charge in [-0.3, -0.25) is 9.59 Å². The fourth-order valence-electron chi connectivity index (χ4n) is 6.13. The lowest BCUT2D eigenvalue weighted by Crippen LogP contribution is -2.40. The molecule has 0 heterocycles. The average Bonchev–Trinajstić information content (AvgIpc) is 3.18. The van der Waals surface area contributed by atoms with Crippen LogP contribution in [0.4, 0.5) is 0 Å². The van der Waals surface area contributed by atoms with Gasteiger partial charge in [0.05, 0.1) is 34.4 Å². The Morgan fingerprint density at radius 2 is 0.931 bits per heavy atom. The number of carboxylic acids is 1. The first-order chi connectivity index (χ1) is 28.1. The summed E-state index contributed by atoms with van der Waals surface area (Å²) in [6.07, 6.45) is 44.5. The third kappa shape index (κ3) is 41.4. The van der Waals surface area contributed by atoms with Crippen LogP contribution in [0.1, 0.15) is 187 Å². The third-order valence-electron chi connectivity index (χ3n) is 9.81. The molecule has 0 fully saturated rings. The Morgan fingerprint density at radius 3 is 1.40 bits per heavy atom. The van der Waals surface area contributed by atoms with Crippen LogP contribution in [0.3, 0.4) is 0 Å². The minimum absolute atomic E-state index is 0.182. The number of esters is 2. The predicted molar refractivity (Wildman–Crippen MR) is 240 cm³/mol. The van der Waals surface area contributed by atoms with Crippen LogP contribution < -0.4 is 0 Å². The van der Waals surface area contributed by atoms with Crippen molar-refractivity contribution in [3.05, 3.63) is 48.6 Å². The molecule has 0 bridgehead atoms. The molecular weight excluding hydrogens is 731 g/mol. The summed E-state index contributed by atoms with van der Waals surface area (Å²) in [5, 5.41) is 9.64. The lowest BCUT2D eigenvalue weighted by molar-refractivity contribution is -0.870. The van der Waals surface area contributed by atoms with Gasteiger partial charge >= 0.3 is 17.9 Å². The Kier molecular flexibility index (Phi) is 39.1. The quantitative estimate of drug-likeness (QED) is 0.0213. The number of aliphatic carboxylic acids is 1. The number of ether oxygens (including phenoxy) is 4. The highest BCUT2D eigenvalue weighted by Gasteiger charge is 2.25. The van der Waals surface area contributed by atoms with Gasteiger partial charge in [0, 0.05) is 12.8 Å². The van der Waals surface area contributed by atoms with Gasteiger partial charge in [0.15, 0.2) is 6.10 Å². The predicted octanol–water partition coefficient (Wildman–Crippen LogP) is 12.4. The van der Waals surface area contributed by atoms with Crippen molar-refractivity contribution in [2.24, 2.45) is 0 Å². The summed E-state index contributed by atoms with van der Waals surface area (Å²) in [7, 11) is 5.95. The van der Waals surface area contributed by atoms with E-state index in [-0.39, 0.29) is 38.6 Å². The summed E-state index contributed by atoms with van der Waals surface area (Å²) in [6.45, 7) is 4.80. The standard InChI is InChI=1S/C49H87NO8/c1-6-8-10-12-14-16-18-20-22-24-26-28-30-32-34-36-38-40-47(52)58-45(44-57-49(48(53)54)55-42-41-50(3,4)5)43-56-46(51)39-37-35-33-31-29-27-25-23-21-19-17-15-13-11-9-7-2/h14,16-17,19-20,22-23,25,45,49H,6-13,15,18,21,24,26-44H2,1-5H3/p+1/b16-14-,19-17-,22-20-,25-23-. The number of nitrogens with zero attached hydrogens (tertiary/aromatic N) is 1. The van der Waals surface area contributed by atoms with Gasteiger partial charge in [0.2, 0.25) is 0 Å². The number of unbranched alkanes of at least 4 members (excludes halogenated alkanes) is 19. The lowest BCUT2D eigenvalue weighted by Gasteiger charge is -2.25. The molecule has 0 rings (SSSR count). The van der Waals surface area contributed by atoms with Gasteiger partial charge in [0.1, 0.15) is 13.2 Å². The summed E-state index contributed by atoms with van der Waals surface area (Å²) in [5.41, 5.74) is 0. The van der Waals surface area contributed by atoms with Gasteiger partial charge < -0.3 is 28.5 Å². The number of likely N-dealkylation sites (N-methyl/N-ethyl adjacent to an activating group) is 1. The molecule has 0 aromatic carbocycles. The molecule has 2 atom stereocenters.